The molecular weight excluding hydrogens is 715 g/mol. The molecule has 0 spiro atoms. The molecule has 0 aliphatic carbocycles. The first-order valence-electron chi connectivity index (χ1n) is 13.3. The normalized spacial score (nSPS) is 14.8. The second-order valence-electron chi connectivity index (χ2n) is 9.80. The van der Waals surface area contributed by atoms with Crippen molar-refractivity contribution >= 4 is 34.1 Å². The number of nitrogens with zero attached hydrogens (tertiary/aromatic N) is 7. The molecule has 219 valence electrons. The first-order valence-corrected chi connectivity index (χ1v) is 13.3. The molecule has 3 heterocycles. The fourth-order valence-corrected chi connectivity index (χ4v) is 4.76. The number of para-hydroxylation sites is 5. The summed E-state index contributed by atoms with van der Waals surface area (Å²) < 4.78 is 0. The summed E-state index contributed by atoms with van der Waals surface area (Å²) >= 11 is 0. The minimum atomic E-state index is 0. The predicted molar refractivity (Wildman–Crippen MR) is 166 cm³/mol. The van der Waals surface area contributed by atoms with Crippen LogP contribution in [-0.2, 0) is 20.1 Å². The van der Waals surface area contributed by atoms with Gasteiger partial charge in [-0.15, -0.1) is 41.9 Å². The second kappa shape index (κ2) is 13.0. The van der Waals surface area contributed by atoms with Gasteiger partial charge in [0.1, 0.15) is 5.75 Å². The van der Waals surface area contributed by atoms with Crippen molar-refractivity contribution in [3.8, 4) is 11.8 Å². The van der Waals surface area contributed by atoms with Crippen molar-refractivity contribution in [3.05, 3.63) is 147 Å². The van der Waals surface area contributed by atoms with E-state index in [1.807, 2.05) is 156 Å². The van der Waals surface area contributed by atoms with Gasteiger partial charge in [-0.3, -0.25) is 0 Å². The first-order chi connectivity index (χ1) is 20.5. The molecule has 0 saturated heterocycles. The Morgan fingerprint density at radius 1 is 0.674 bits per heavy atom. The Kier molecular flexibility index (Phi) is 8.91. The van der Waals surface area contributed by atoms with Crippen LogP contribution >= 0.6 is 0 Å². The molecule has 0 unspecified atom stereocenters. The minimum Gasteiger partial charge on any atom is -0.510 e. The van der Waals surface area contributed by atoms with Crippen LogP contribution in [-0.4, -0.2) is 29.0 Å². The summed E-state index contributed by atoms with van der Waals surface area (Å²) in [7, 11) is 3.91. The second-order valence-corrected chi connectivity index (χ2v) is 9.80. The topological polar surface area (TPSA) is 63.5 Å². The van der Waals surface area contributed by atoms with Gasteiger partial charge in [0.25, 0.3) is 0 Å². The number of benzene rings is 4. The van der Waals surface area contributed by atoms with E-state index in [-0.39, 0.29) is 25.9 Å². The summed E-state index contributed by atoms with van der Waals surface area (Å²) in [5.74, 6) is 0.257. The Balaban J connectivity index is 0.000000168. The number of fused-ring (bicyclic) bond motifs is 1. The van der Waals surface area contributed by atoms with Gasteiger partial charge in [0.05, 0.1) is 11.8 Å². The van der Waals surface area contributed by atoms with Gasteiger partial charge in [-0.05, 0) is 63.2 Å². The zero-order valence-electron chi connectivity index (χ0n) is 23.5. The standard InChI is InChI=1S/C19H14N2O.C15H14N5.Ir/c22-19-13-7-6-12-18(19)21-14-20(15-8-2-1-3-9-15)16-10-4-5-11-17(16)21;1-17-3-5-19(11-17)14-7-13(10-16)8-15(9-14)20-6-4-18(2)12-20;/h1-8,10-14,22H;3-8,11-12H,1-2H3;/q-2;-3;. The molecule has 9 heteroatoms. The van der Waals surface area contributed by atoms with Gasteiger partial charge in [0, 0.05) is 31.5 Å². The summed E-state index contributed by atoms with van der Waals surface area (Å²) in [5.41, 5.74) is 6.11. The molecule has 3 aliphatic rings. The fraction of sp³-hybridized carbons (Fsp3) is 0.0588. The van der Waals surface area contributed by atoms with Crippen molar-refractivity contribution in [1.82, 2.24) is 9.80 Å². The maximum Gasteiger partial charge on any atom is 0.136 e. The van der Waals surface area contributed by atoms with Crippen LogP contribution in [0.2, 0.25) is 0 Å². The third-order valence-electron chi connectivity index (χ3n) is 6.79. The smallest absolute Gasteiger partial charge is 0.136 e. The molecule has 0 bridgehead atoms. The maximum absolute atomic E-state index is 10.2. The molecule has 3 aliphatic heterocycles. The number of hydrogen-bond acceptors (Lipinski definition) is 8. The van der Waals surface area contributed by atoms with Crippen molar-refractivity contribution in [2.75, 3.05) is 33.7 Å². The molecule has 7 rings (SSSR count). The number of nitriles is 1. The van der Waals surface area contributed by atoms with E-state index in [2.05, 4.69) is 29.2 Å². The van der Waals surface area contributed by atoms with Crippen LogP contribution in [0.15, 0.2) is 110 Å². The number of phenolic OH excluding ortho intramolecular Hbond substituents is 1. The SMILES string of the molecule is CN1C=CN(c2[c-]c(N3C=CN(C)[CH-]3)cc(C#N)c2)[CH-]1.Oc1ccccc1N1[CH-]N(c2[c-]cccc2)c2ccccc21.[Ir]. The third kappa shape index (κ3) is 6.31. The fourth-order valence-electron chi connectivity index (χ4n) is 4.76. The molecule has 43 heavy (non-hydrogen) atoms. The number of phenols is 1. The Labute approximate surface area is 266 Å². The molecule has 1 radical (unpaired) electrons. The van der Waals surface area contributed by atoms with E-state index in [1.54, 1.807) is 6.07 Å². The van der Waals surface area contributed by atoms with Gasteiger partial charge in [0.2, 0.25) is 0 Å². The number of hydrogen-bond donors (Lipinski definition) is 1. The quantitative estimate of drug-likeness (QED) is 0.234. The van der Waals surface area contributed by atoms with E-state index in [9.17, 15) is 10.4 Å². The van der Waals surface area contributed by atoms with Gasteiger partial charge < -0.3 is 34.5 Å². The van der Waals surface area contributed by atoms with Gasteiger partial charge in [0.15, 0.2) is 0 Å². The molecule has 0 atom stereocenters. The van der Waals surface area contributed by atoms with Gasteiger partial charge in [-0.25, -0.2) is 0 Å². The van der Waals surface area contributed by atoms with Gasteiger partial charge in [-0.2, -0.15) is 48.9 Å². The number of anilines is 6. The van der Waals surface area contributed by atoms with E-state index < -0.39 is 0 Å². The first kappa shape index (κ1) is 29.6. The number of rotatable bonds is 4. The molecule has 4 aromatic rings. The largest absolute Gasteiger partial charge is 0.510 e. The van der Waals surface area contributed by atoms with E-state index in [0.29, 0.717) is 5.56 Å². The van der Waals surface area contributed by atoms with Crippen molar-refractivity contribution in [1.29, 1.82) is 5.26 Å². The molecule has 0 saturated carbocycles. The Hall–Kier alpha value is -4.90. The molecule has 0 amide bonds. The van der Waals surface area contributed by atoms with Crippen molar-refractivity contribution in [2.24, 2.45) is 0 Å². The average molecular weight is 743 g/mol. The van der Waals surface area contributed by atoms with Crippen molar-refractivity contribution < 1.29 is 25.2 Å². The van der Waals surface area contributed by atoms with E-state index in [4.69, 9.17) is 0 Å². The number of aromatic hydroxyl groups is 1. The summed E-state index contributed by atoms with van der Waals surface area (Å²) in [6, 6.07) is 35.7. The molecule has 4 aromatic carbocycles. The van der Waals surface area contributed by atoms with Crippen LogP contribution in [0.1, 0.15) is 5.56 Å². The van der Waals surface area contributed by atoms with Gasteiger partial charge in [-0.1, -0.05) is 29.8 Å². The summed E-state index contributed by atoms with van der Waals surface area (Å²) in [6.45, 7) is 5.85. The van der Waals surface area contributed by atoms with Crippen LogP contribution in [0.25, 0.3) is 0 Å². The predicted octanol–water partition coefficient (Wildman–Crippen LogP) is 6.64. The zero-order chi connectivity index (χ0) is 29.1. The molecule has 0 aromatic heterocycles. The molecule has 8 nitrogen and oxygen atoms in total. The molecular formula is C34H28IrN7O-5. The van der Waals surface area contributed by atoms with Crippen LogP contribution in [0, 0.1) is 43.5 Å². The van der Waals surface area contributed by atoms with Crippen LogP contribution < -0.4 is 19.6 Å². The molecule has 0 fully saturated rings. The van der Waals surface area contributed by atoms with Crippen LogP contribution in [0.5, 0.6) is 5.75 Å². The van der Waals surface area contributed by atoms with Crippen molar-refractivity contribution in [2.45, 2.75) is 0 Å². The van der Waals surface area contributed by atoms with Crippen molar-refractivity contribution in [3.63, 3.8) is 0 Å². The van der Waals surface area contributed by atoms with E-state index >= 15 is 0 Å². The monoisotopic (exact) mass is 743 g/mol. The summed E-state index contributed by atoms with van der Waals surface area (Å²) in [4.78, 5) is 11.8. The van der Waals surface area contributed by atoms with E-state index in [1.165, 1.54) is 0 Å². The Morgan fingerprint density at radius 3 is 1.74 bits per heavy atom. The zero-order valence-corrected chi connectivity index (χ0v) is 25.9. The average Bonchev–Trinajstić information content (AvgIpc) is 3.76. The van der Waals surface area contributed by atoms with Gasteiger partial charge >= 0.3 is 0 Å². The summed E-state index contributed by atoms with van der Waals surface area (Å²) in [5, 5.41) is 19.4. The van der Waals surface area contributed by atoms with Crippen LogP contribution in [0.4, 0.5) is 34.1 Å². The molecule has 1 N–H and O–H groups in total. The third-order valence-corrected chi connectivity index (χ3v) is 6.79. The van der Waals surface area contributed by atoms with E-state index in [0.717, 1.165) is 34.1 Å². The Morgan fingerprint density at radius 2 is 1.23 bits per heavy atom. The minimum absolute atomic E-state index is 0. The maximum atomic E-state index is 10.2. The summed E-state index contributed by atoms with van der Waals surface area (Å²) in [6.07, 6.45) is 7.77. The Bertz CT molecular complexity index is 1620. The van der Waals surface area contributed by atoms with Crippen LogP contribution in [0.3, 0.4) is 0 Å².